The van der Waals surface area contributed by atoms with E-state index in [1.165, 1.54) is 55.9 Å². The van der Waals surface area contributed by atoms with Gasteiger partial charge in [-0.25, -0.2) is 9.37 Å². The highest BCUT2D eigenvalue weighted by atomic mass is 19.1. The van der Waals surface area contributed by atoms with Gasteiger partial charge in [-0.1, -0.05) is 4.98 Å². The van der Waals surface area contributed by atoms with Gasteiger partial charge in [-0.15, -0.1) is 0 Å². The summed E-state index contributed by atoms with van der Waals surface area (Å²) in [6.45, 7) is 0. The number of phenols is 1. The van der Waals surface area contributed by atoms with Crippen molar-refractivity contribution in [2.75, 3.05) is 12.4 Å². The van der Waals surface area contributed by atoms with Crippen LogP contribution in [0.4, 0.5) is 16.0 Å². The normalized spacial score (nSPS) is 11.1. The van der Waals surface area contributed by atoms with Gasteiger partial charge in [-0.3, -0.25) is 4.79 Å². The van der Waals surface area contributed by atoms with E-state index in [1.807, 2.05) is 0 Å². The first-order chi connectivity index (χ1) is 13.5. The molecule has 28 heavy (non-hydrogen) atoms. The topological polar surface area (TPSA) is 124 Å². The molecule has 0 aliphatic rings. The lowest BCUT2D eigenvalue weighted by Crippen LogP contribution is -2.23. The predicted octanol–water partition coefficient (Wildman–Crippen LogP) is 2.04. The number of anilines is 1. The van der Waals surface area contributed by atoms with Crippen LogP contribution in [0.5, 0.6) is 11.5 Å². The highest BCUT2D eigenvalue weighted by molar-refractivity contribution is 6.10. The molecule has 0 unspecified atom stereocenters. The number of hydrogen-bond acceptors (Lipinski definition) is 5. The second kappa shape index (κ2) is 8.12. The third kappa shape index (κ3) is 4.39. The summed E-state index contributed by atoms with van der Waals surface area (Å²) in [5.74, 6) is -0.343. The fourth-order valence-corrected chi connectivity index (χ4v) is 2.34. The Morgan fingerprint density at radius 3 is 2.68 bits per heavy atom. The second-order valence-electron chi connectivity index (χ2n) is 5.67. The maximum atomic E-state index is 12.9. The number of halogens is 1. The van der Waals surface area contributed by atoms with Gasteiger partial charge in [0.25, 0.3) is 5.96 Å². The summed E-state index contributed by atoms with van der Waals surface area (Å²) in [4.78, 5) is 23.4. The van der Waals surface area contributed by atoms with Crippen LogP contribution in [-0.2, 0) is 0 Å². The fourth-order valence-electron chi connectivity index (χ4n) is 2.34. The Bertz CT molecular complexity index is 1020. The van der Waals surface area contributed by atoms with Crippen LogP contribution in [-0.4, -0.2) is 28.9 Å². The minimum Gasteiger partial charge on any atom is -0.507 e. The lowest BCUT2D eigenvalue weighted by atomic mass is 10.0. The van der Waals surface area contributed by atoms with Gasteiger partial charge in [-0.2, -0.15) is 0 Å². The maximum Gasteiger partial charge on any atom is 0.433 e. The third-order valence-corrected chi connectivity index (χ3v) is 3.74. The summed E-state index contributed by atoms with van der Waals surface area (Å²) in [7, 11) is 1.47. The van der Waals surface area contributed by atoms with Crippen molar-refractivity contribution in [3.05, 3.63) is 71.8 Å². The quantitative estimate of drug-likeness (QED) is 0.352. The van der Waals surface area contributed by atoms with Crippen LogP contribution >= 0.6 is 0 Å². The molecule has 9 heteroatoms. The van der Waals surface area contributed by atoms with Crippen LogP contribution in [0.1, 0.15) is 15.9 Å². The Balaban J connectivity index is 1.75. The highest BCUT2D eigenvalue weighted by Gasteiger charge is 2.18. The summed E-state index contributed by atoms with van der Waals surface area (Å²) in [5.41, 5.74) is 6.65. The molecule has 0 saturated heterocycles. The van der Waals surface area contributed by atoms with Gasteiger partial charge in [-0.05, 0) is 47.5 Å². The number of aromatic hydroxyl groups is 1. The lowest BCUT2D eigenvalue weighted by Gasteiger charge is -2.05. The number of phenolic OH excluding ortho intramolecular Hbond substituents is 1. The van der Waals surface area contributed by atoms with E-state index in [0.717, 1.165) is 0 Å². The summed E-state index contributed by atoms with van der Waals surface area (Å²) < 4.78 is 18.0. The number of ketones is 1. The molecule has 3 aromatic rings. The average Bonchev–Trinajstić information content (AvgIpc) is 2.70. The fraction of sp³-hybridized carbons (Fsp3) is 0.0526. The summed E-state index contributed by atoms with van der Waals surface area (Å²) in [6.07, 6.45) is 2.71. The number of nitrogens with one attached hydrogen (secondary N) is 2. The number of aromatic nitrogens is 2. The first-order valence-corrected chi connectivity index (χ1v) is 8.12. The minimum atomic E-state index is -0.437. The Labute approximate surface area is 159 Å². The molecule has 5 N–H and O–H groups in total. The Morgan fingerprint density at radius 2 is 2.04 bits per heavy atom. The first kappa shape index (κ1) is 18.8. The number of rotatable bonds is 5. The zero-order valence-corrected chi connectivity index (χ0v) is 14.8. The van der Waals surface area contributed by atoms with Crippen LogP contribution < -0.4 is 20.8 Å². The van der Waals surface area contributed by atoms with Gasteiger partial charge in [0, 0.05) is 5.69 Å². The molecule has 0 fully saturated rings. The van der Waals surface area contributed by atoms with Crippen LogP contribution in [0.3, 0.4) is 0 Å². The highest BCUT2D eigenvalue weighted by Crippen LogP contribution is 2.25. The van der Waals surface area contributed by atoms with Crippen molar-refractivity contribution in [1.29, 1.82) is 0 Å². The van der Waals surface area contributed by atoms with Crippen molar-refractivity contribution >= 4 is 23.4 Å². The largest absolute Gasteiger partial charge is 0.507 e. The standard InChI is InChI=1S/C19H16FN5O3/c1-28-14-6-7-16(26)15(8-14)17(27)11-9-22-19(23-10-11)25-18(21)24-13-4-2-12(20)3-5-13/h2-10,26H,1H3,(H3,21,22,23,24,25)/p+1. The molecule has 0 amide bonds. The Hall–Kier alpha value is -4.01. The molecule has 0 radical (unpaired) electrons. The molecule has 0 aliphatic heterocycles. The SMILES string of the molecule is COc1ccc(O)c(C(=O)c2cnc(N=C(N)Nc3ccc(F)cc3)[nH+]c2)c1. The number of aliphatic imine (C=N–C) groups is 1. The molecule has 0 spiro atoms. The molecule has 0 atom stereocenters. The van der Waals surface area contributed by atoms with E-state index in [0.29, 0.717) is 11.4 Å². The number of methoxy groups -OCH3 is 1. The number of carbonyl (C=O) groups is 1. The van der Waals surface area contributed by atoms with E-state index in [1.54, 1.807) is 6.07 Å². The van der Waals surface area contributed by atoms with Crippen LogP contribution in [0.2, 0.25) is 0 Å². The number of nitrogens with zero attached hydrogens (tertiary/aromatic N) is 2. The molecule has 0 aliphatic carbocycles. The van der Waals surface area contributed by atoms with E-state index in [-0.39, 0.29) is 34.6 Å². The van der Waals surface area contributed by atoms with Crippen molar-refractivity contribution in [2.45, 2.75) is 0 Å². The third-order valence-electron chi connectivity index (χ3n) is 3.74. The van der Waals surface area contributed by atoms with Gasteiger partial charge in [0.15, 0.2) is 0 Å². The predicted molar refractivity (Wildman–Crippen MR) is 100 cm³/mol. The van der Waals surface area contributed by atoms with Crippen molar-refractivity contribution in [1.82, 2.24) is 4.98 Å². The van der Waals surface area contributed by atoms with Gasteiger partial charge in [0.2, 0.25) is 5.78 Å². The molecule has 0 bridgehead atoms. The second-order valence-corrected chi connectivity index (χ2v) is 5.67. The van der Waals surface area contributed by atoms with E-state index in [2.05, 4.69) is 20.3 Å². The van der Waals surface area contributed by atoms with E-state index >= 15 is 0 Å². The molecule has 1 aromatic heterocycles. The number of ether oxygens (including phenoxy) is 1. The molecule has 142 valence electrons. The molecule has 3 rings (SSSR count). The van der Waals surface area contributed by atoms with E-state index < -0.39 is 5.78 Å². The molecular formula is C19H17FN5O3+. The summed E-state index contributed by atoms with van der Waals surface area (Å²) >= 11 is 0. The summed E-state index contributed by atoms with van der Waals surface area (Å²) in [5, 5.41) is 12.7. The smallest absolute Gasteiger partial charge is 0.433 e. The molecule has 8 nitrogen and oxygen atoms in total. The number of H-pyrrole nitrogens is 1. The monoisotopic (exact) mass is 382 g/mol. The Kier molecular flexibility index (Phi) is 5.45. The molecular weight excluding hydrogens is 365 g/mol. The average molecular weight is 382 g/mol. The van der Waals surface area contributed by atoms with Crippen LogP contribution in [0, 0.1) is 5.82 Å². The number of aromatic amines is 1. The number of carbonyl (C=O) groups excluding carboxylic acids is 1. The van der Waals surface area contributed by atoms with Gasteiger partial charge >= 0.3 is 5.95 Å². The molecule has 1 heterocycles. The zero-order chi connectivity index (χ0) is 20.1. The lowest BCUT2D eigenvalue weighted by molar-refractivity contribution is -0.367. The van der Waals surface area contributed by atoms with E-state index in [4.69, 9.17) is 10.5 Å². The number of benzene rings is 2. The summed E-state index contributed by atoms with van der Waals surface area (Å²) in [6, 6.07) is 9.96. The van der Waals surface area contributed by atoms with Crippen molar-refractivity contribution in [3.8, 4) is 11.5 Å². The van der Waals surface area contributed by atoms with Gasteiger partial charge in [0.1, 0.15) is 23.5 Å². The van der Waals surface area contributed by atoms with Gasteiger partial charge < -0.3 is 20.9 Å². The van der Waals surface area contributed by atoms with Crippen LogP contribution in [0.25, 0.3) is 0 Å². The van der Waals surface area contributed by atoms with Crippen LogP contribution in [0.15, 0.2) is 59.9 Å². The minimum absolute atomic E-state index is 0.0277. The van der Waals surface area contributed by atoms with E-state index in [9.17, 15) is 14.3 Å². The number of nitrogens with two attached hydrogens (primary N) is 1. The first-order valence-electron chi connectivity index (χ1n) is 8.12. The van der Waals surface area contributed by atoms with Crippen molar-refractivity contribution in [3.63, 3.8) is 0 Å². The number of hydrogen-bond donors (Lipinski definition) is 3. The van der Waals surface area contributed by atoms with Gasteiger partial charge in [0.05, 0.1) is 24.4 Å². The van der Waals surface area contributed by atoms with Crippen molar-refractivity contribution < 1.29 is 24.0 Å². The number of guanidine groups is 1. The molecule has 0 saturated carbocycles. The van der Waals surface area contributed by atoms with Crippen molar-refractivity contribution in [2.24, 2.45) is 10.7 Å². The Morgan fingerprint density at radius 1 is 1.29 bits per heavy atom. The maximum absolute atomic E-state index is 12.9. The zero-order valence-electron chi connectivity index (χ0n) is 14.8. The molecule has 2 aromatic carbocycles.